The number of hydrogen-bond donors (Lipinski definition) is 4. The summed E-state index contributed by atoms with van der Waals surface area (Å²) in [7, 11) is 0. The van der Waals surface area contributed by atoms with E-state index in [1.807, 2.05) is 0 Å². The molecule has 0 saturated carbocycles. The number of amides is 3. The van der Waals surface area contributed by atoms with Gasteiger partial charge in [0.05, 0.1) is 0 Å². The Morgan fingerprint density at radius 1 is 1.19 bits per heavy atom. The van der Waals surface area contributed by atoms with Crippen LogP contribution < -0.4 is 21.7 Å². The van der Waals surface area contributed by atoms with Crippen LogP contribution in [0.3, 0.4) is 0 Å². The van der Waals surface area contributed by atoms with Crippen LogP contribution in [-0.2, 0) is 4.79 Å². The molecule has 0 radical (unpaired) electrons. The van der Waals surface area contributed by atoms with Crippen molar-refractivity contribution in [2.24, 2.45) is 11.7 Å². The zero-order valence-electron chi connectivity index (χ0n) is 12.0. The lowest BCUT2D eigenvalue weighted by atomic mass is 9.94. The number of carbonyl (C=O) groups excluding carboxylic acids is 2. The normalized spacial score (nSPS) is 18.0. The van der Waals surface area contributed by atoms with E-state index in [4.69, 9.17) is 5.73 Å². The van der Waals surface area contributed by atoms with Gasteiger partial charge in [-0.3, -0.25) is 4.79 Å². The van der Waals surface area contributed by atoms with Gasteiger partial charge in [-0.15, -0.1) is 0 Å². The van der Waals surface area contributed by atoms with E-state index in [0.29, 0.717) is 18.0 Å². The minimum Gasteiger partial charge on any atom is -0.351 e. The lowest BCUT2D eigenvalue weighted by Crippen LogP contribution is -2.30. The fourth-order valence-corrected chi connectivity index (χ4v) is 2.51. The number of primary amides is 1. The van der Waals surface area contributed by atoms with E-state index in [0.717, 1.165) is 25.2 Å². The van der Waals surface area contributed by atoms with Crippen molar-refractivity contribution in [1.82, 2.24) is 5.32 Å². The van der Waals surface area contributed by atoms with Crippen molar-refractivity contribution in [3.63, 3.8) is 0 Å². The van der Waals surface area contributed by atoms with Gasteiger partial charge in [0.1, 0.15) is 0 Å². The van der Waals surface area contributed by atoms with Crippen LogP contribution in [0.2, 0.25) is 0 Å². The van der Waals surface area contributed by atoms with Gasteiger partial charge in [0, 0.05) is 17.8 Å². The summed E-state index contributed by atoms with van der Waals surface area (Å²) in [5.41, 5.74) is 6.35. The van der Waals surface area contributed by atoms with Crippen LogP contribution in [0.15, 0.2) is 24.3 Å². The van der Waals surface area contributed by atoms with Crippen molar-refractivity contribution in [2.45, 2.75) is 25.7 Å². The van der Waals surface area contributed by atoms with E-state index < -0.39 is 6.03 Å². The Labute approximate surface area is 124 Å². The summed E-state index contributed by atoms with van der Waals surface area (Å²) in [6.45, 7) is 2.11. The molecule has 1 saturated heterocycles. The number of carbonyl (C=O) groups is 2. The fourth-order valence-electron chi connectivity index (χ4n) is 2.51. The van der Waals surface area contributed by atoms with Crippen molar-refractivity contribution >= 4 is 23.3 Å². The van der Waals surface area contributed by atoms with E-state index in [9.17, 15) is 9.59 Å². The maximum Gasteiger partial charge on any atom is 0.316 e. The molecule has 6 nitrogen and oxygen atoms in total. The molecule has 0 aliphatic carbocycles. The zero-order valence-corrected chi connectivity index (χ0v) is 12.0. The van der Waals surface area contributed by atoms with E-state index >= 15 is 0 Å². The van der Waals surface area contributed by atoms with E-state index in [-0.39, 0.29) is 5.91 Å². The molecule has 114 valence electrons. The molecule has 0 aromatic heterocycles. The molecule has 1 fully saturated rings. The summed E-state index contributed by atoms with van der Waals surface area (Å²) in [5, 5.41) is 8.69. The molecule has 1 heterocycles. The van der Waals surface area contributed by atoms with Gasteiger partial charge in [-0.2, -0.15) is 0 Å². The van der Waals surface area contributed by atoms with Gasteiger partial charge in [0.25, 0.3) is 0 Å². The Morgan fingerprint density at radius 3 is 2.43 bits per heavy atom. The summed E-state index contributed by atoms with van der Waals surface area (Å²) < 4.78 is 0. The van der Waals surface area contributed by atoms with Gasteiger partial charge in [-0.05, 0) is 62.5 Å². The molecule has 1 aliphatic rings. The second-order valence-corrected chi connectivity index (χ2v) is 5.37. The highest BCUT2D eigenvalue weighted by Crippen LogP contribution is 2.17. The molecule has 0 bridgehead atoms. The van der Waals surface area contributed by atoms with Crippen LogP contribution >= 0.6 is 0 Å². The van der Waals surface area contributed by atoms with Crippen molar-refractivity contribution in [3.8, 4) is 0 Å². The molecule has 21 heavy (non-hydrogen) atoms. The second kappa shape index (κ2) is 7.64. The maximum absolute atomic E-state index is 11.9. The average molecular weight is 290 g/mol. The van der Waals surface area contributed by atoms with Crippen molar-refractivity contribution < 1.29 is 9.59 Å². The topological polar surface area (TPSA) is 96.2 Å². The lowest BCUT2D eigenvalue weighted by Gasteiger charge is -2.22. The highest BCUT2D eigenvalue weighted by Gasteiger charge is 2.14. The van der Waals surface area contributed by atoms with Crippen LogP contribution in [0.1, 0.15) is 25.7 Å². The summed E-state index contributed by atoms with van der Waals surface area (Å²) in [5.74, 6) is 0.628. The van der Waals surface area contributed by atoms with Gasteiger partial charge in [0.15, 0.2) is 0 Å². The first-order chi connectivity index (χ1) is 10.1. The van der Waals surface area contributed by atoms with Gasteiger partial charge in [-0.1, -0.05) is 0 Å². The van der Waals surface area contributed by atoms with E-state index in [1.165, 1.54) is 12.8 Å². The summed E-state index contributed by atoms with van der Waals surface area (Å²) in [4.78, 5) is 22.6. The monoisotopic (exact) mass is 290 g/mol. The Bertz CT molecular complexity index is 481. The first kappa shape index (κ1) is 15.3. The van der Waals surface area contributed by atoms with E-state index in [1.54, 1.807) is 24.3 Å². The Hall–Kier alpha value is -2.08. The maximum atomic E-state index is 11.9. The fraction of sp³-hybridized carbons (Fsp3) is 0.467. The summed E-state index contributed by atoms with van der Waals surface area (Å²) >= 11 is 0. The minimum atomic E-state index is -0.604. The van der Waals surface area contributed by atoms with Crippen molar-refractivity contribution in [3.05, 3.63) is 24.3 Å². The van der Waals surface area contributed by atoms with Crippen LogP contribution in [0.25, 0.3) is 0 Å². The number of nitrogens with one attached hydrogen (secondary N) is 3. The SMILES string of the molecule is NC(=O)Nc1ccc(NC(=O)CCC2CCCNC2)cc1. The molecule has 1 atom stereocenters. The van der Waals surface area contributed by atoms with Gasteiger partial charge in [0.2, 0.25) is 5.91 Å². The van der Waals surface area contributed by atoms with Crippen LogP contribution in [0, 0.1) is 5.92 Å². The molecule has 1 aliphatic heterocycles. The first-order valence-electron chi connectivity index (χ1n) is 7.30. The molecule has 1 aromatic carbocycles. The third kappa shape index (κ3) is 5.43. The Balaban J connectivity index is 1.75. The quantitative estimate of drug-likeness (QED) is 0.667. The molecule has 2 rings (SSSR count). The van der Waals surface area contributed by atoms with Gasteiger partial charge >= 0.3 is 6.03 Å². The third-order valence-corrected chi connectivity index (χ3v) is 3.61. The van der Waals surface area contributed by atoms with Crippen LogP contribution in [-0.4, -0.2) is 25.0 Å². The highest BCUT2D eigenvalue weighted by atomic mass is 16.2. The summed E-state index contributed by atoms with van der Waals surface area (Å²) in [6, 6.07) is 6.28. The second-order valence-electron chi connectivity index (χ2n) is 5.37. The van der Waals surface area contributed by atoms with Crippen molar-refractivity contribution in [1.29, 1.82) is 0 Å². The standard InChI is InChI=1S/C15H22N4O2/c16-15(21)19-13-6-4-12(5-7-13)18-14(20)8-3-11-2-1-9-17-10-11/h4-7,11,17H,1-3,8-10H2,(H,18,20)(H3,16,19,21). The number of anilines is 2. The minimum absolute atomic E-state index is 0.0242. The molecular weight excluding hydrogens is 268 g/mol. The number of urea groups is 1. The average Bonchev–Trinajstić information content (AvgIpc) is 2.48. The number of piperidine rings is 1. The smallest absolute Gasteiger partial charge is 0.316 e. The molecule has 1 unspecified atom stereocenters. The first-order valence-corrected chi connectivity index (χ1v) is 7.30. The zero-order chi connectivity index (χ0) is 15.1. The van der Waals surface area contributed by atoms with Crippen LogP contribution in [0.4, 0.5) is 16.2 Å². The largest absolute Gasteiger partial charge is 0.351 e. The number of benzene rings is 1. The predicted octanol–water partition coefficient (Wildman–Crippen LogP) is 1.90. The molecule has 3 amide bonds. The van der Waals surface area contributed by atoms with Crippen molar-refractivity contribution in [2.75, 3.05) is 23.7 Å². The Kier molecular flexibility index (Phi) is 5.57. The molecular formula is C15H22N4O2. The van der Waals surface area contributed by atoms with Crippen LogP contribution in [0.5, 0.6) is 0 Å². The number of hydrogen-bond acceptors (Lipinski definition) is 3. The third-order valence-electron chi connectivity index (χ3n) is 3.61. The lowest BCUT2D eigenvalue weighted by molar-refractivity contribution is -0.116. The molecule has 1 aromatic rings. The van der Waals surface area contributed by atoms with Gasteiger partial charge in [-0.25, -0.2) is 4.79 Å². The summed E-state index contributed by atoms with van der Waals surface area (Å²) in [6.07, 6.45) is 3.85. The molecule has 0 spiro atoms. The van der Waals surface area contributed by atoms with Gasteiger partial charge < -0.3 is 21.7 Å². The van der Waals surface area contributed by atoms with E-state index in [2.05, 4.69) is 16.0 Å². The number of nitrogens with two attached hydrogens (primary N) is 1. The predicted molar refractivity (Wildman–Crippen MR) is 83.1 cm³/mol. The number of rotatable bonds is 5. The molecule has 5 N–H and O–H groups in total. The molecule has 6 heteroatoms. The highest BCUT2D eigenvalue weighted by molar-refractivity contribution is 5.91. The Morgan fingerprint density at radius 2 is 1.86 bits per heavy atom.